The number of nitrogens with one attached hydrogen (secondary N) is 1. The Hall–Kier alpha value is -2.87. The topological polar surface area (TPSA) is 105 Å². The van der Waals surface area contributed by atoms with Gasteiger partial charge in [0.1, 0.15) is 11.5 Å². The first kappa shape index (κ1) is 19.9. The quantitative estimate of drug-likeness (QED) is 0.756. The molecule has 0 radical (unpaired) electrons. The molecule has 3 rings (SSSR count). The number of aryl methyl sites for hydroxylation is 1. The van der Waals surface area contributed by atoms with Crippen molar-refractivity contribution in [2.75, 3.05) is 25.0 Å². The fourth-order valence-electron chi connectivity index (χ4n) is 3.36. The largest absolute Gasteiger partial charge is 0.493 e. The summed E-state index contributed by atoms with van der Waals surface area (Å²) in [6.07, 6.45) is -0.308. The van der Waals surface area contributed by atoms with Gasteiger partial charge in [0.05, 0.1) is 19.3 Å². The summed E-state index contributed by atoms with van der Waals surface area (Å²) in [5.41, 5.74) is 1.67. The zero-order valence-electron chi connectivity index (χ0n) is 16.3. The van der Waals surface area contributed by atoms with Crippen LogP contribution < -0.4 is 10.1 Å². The molecule has 28 heavy (non-hydrogen) atoms. The number of carbonyl (C=O) groups is 2. The fraction of sp³-hybridized carbons (Fsp3) is 0.450. The van der Waals surface area contributed by atoms with Gasteiger partial charge >= 0.3 is 0 Å². The second-order valence-electron chi connectivity index (χ2n) is 6.95. The summed E-state index contributed by atoms with van der Waals surface area (Å²) in [6.45, 7) is 6.20. The molecule has 1 saturated heterocycles. The van der Waals surface area contributed by atoms with Crippen LogP contribution in [0.3, 0.4) is 0 Å². The van der Waals surface area contributed by atoms with Crippen molar-refractivity contribution >= 4 is 17.6 Å². The first-order valence-electron chi connectivity index (χ1n) is 9.33. The van der Waals surface area contributed by atoms with Crippen LogP contribution in [0.15, 0.2) is 28.8 Å². The summed E-state index contributed by atoms with van der Waals surface area (Å²) in [5, 5.41) is 16.2. The van der Waals surface area contributed by atoms with Crippen molar-refractivity contribution in [1.29, 1.82) is 0 Å². The molecule has 1 aliphatic rings. The number of ether oxygens (including phenoxy) is 1. The van der Waals surface area contributed by atoms with E-state index in [2.05, 4.69) is 10.5 Å². The average molecular weight is 387 g/mol. The standard InChI is InChI=1S/C20H25N3O5/c1-4-27-17-8-14(5-6-16(17)13(3)24)15-9-20(26)23(10-15)11-19(25)21-18-7-12(2)28-22-18/h5-8,13,15,24H,4,9-11H2,1-3H3,(H,21,22,25)/t13?,15-/m1/s1. The molecule has 2 atom stereocenters. The molecule has 8 nitrogen and oxygen atoms in total. The Kier molecular flexibility index (Phi) is 5.99. The van der Waals surface area contributed by atoms with Gasteiger partial charge in [0.2, 0.25) is 11.8 Å². The number of hydrogen-bond donors (Lipinski definition) is 2. The van der Waals surface area contributed by atoms with E-state index in [0.29, 0.717) is 42.5 Å². The lowest BCUT2D eigenvalue weighted by molar-refractivity contribution is -0.131. The van der Waals surface area contributed by atoms with Gasteiger partial charge in [-0.15, -0.1) is 0 Å². The van der Waals surface area contributed by atoms with Crippen LogP contribution in [0.5, 0.6) is 5.75 Å². The summed E-state index contributed by atoms with van der Waals surface area (Å²) in [7, 11) is 0. The van der Waals surface area contributed by atoms with Gasteiger partial charge in [-0.25, -0.2) is 0 Å². The summed E-state index contributed by atoms with van der Waals surface area (Å²) < 4.78 is 10.6. The molecule has 2 heterocycles. The average Bonchev–Trinajstić information content (AvgIpc) is 3.20. The molecule has 2 aromatic rings. The van der Waals surface area contributed by atoms with Gasteiger partial charge in [0.25, 0.3) is 0 Å². The van der Waals surface area contributed by atoms with Gasteiger partial charge in [-0.3, -0.25) is 9.59 Å². The number of aliphatic hydroxyl groups excluding tert-OH is 1. The van der Waals surface area contributed by atoms with Crippen molar-refractivity contribution in [3.63, 3.8) is 0 Å². The normalized spacial score (nSPS) is 17.6. The Bertz CT molecular complexity index is 861. The monoisotopic (exact) mass is 387 g/mol. The molecule has 0 bridgehead atoms. The summed E-state index contributed by atoms with van der Waals surface area (Å²) in [5.74, 6) is 1.13. The number of anilines is 1. The summed E-state index contributed by atoms with van der Waals surface area (Å²) in [6, 6.07) is 7.23. The van der Waals surface area contributed by atoms with Crippen LogP contribution >= 0.6 is 0 Å². The highest BCUT2D eigenvalue weighted by atomic mass is 16.5. The van der Waals surface area contributed by atoms with E-state index in [-0.39, 0.29) is 24.3 Å². The van der Waals surface area contributed by atoms with Gasteiger partial charge in [0, 0.05) is 30.5 Å². The van der Waals surface area contributed by atoms with E-state index >= 15 is 0 Å². The molecular weight excluding hydrogens is 362 g/mol. The zero-order chi connectivity index (χ0) is 20.3. The number of aromatic nitrogens is 1. The highest BCUT2D eigenvalue weighted by Gasteiger charge is 2.32. The van der Waals surface area contributed by atoms with E-state index in [4.69, 9.17) is 9.26 Å². The summed E-state index contributed by atoms with van der Waals surface area (Å²) >= 11 is 0. The molecule has 2 amide bonds. The van der Waals surface area contributed by atoms with E-state index in [1.807, 2.05) is 25.1 Å². The highest BCUT2D eigenvalue weighted by Crippen LogP contribution is 2.33. The number of amides is 2. The molecule has 0 spiro atoms. The second kappa shape index (κ2) is 8.43. The minimum absolute atomic E-state index is 0.0307. The van der Waals surface area contributed by atoms with E-state index in [0.717, 1.165) is 5.56 Å². The van der Waals surface area contributed by atoms with Crippen LogP contribution in [0.4, 0.5) is 5.82 Å². The molecule has 1 aromatic heterocycles. The SMILES string of the molecule is CCOc1cc([C@@H]2CC(=O)N(CC(=O)Nc3cc(C)on3)C2)ccc1C(C)O. The molecule has 1 unspecified atom stereocenters. The highest BCUT2D eigenvalue weighted by molar-refractivity contribution is 5.94. The Labute approximate surface area is 163 Å². The Balaban J connectivity index is 1.66. The number of nitrogens with zero attached hydrogens (tertiary/aromatic N) is 2. The number of hydrogen-bond acceptors (Lipinski definition) is 6. The van der Waals surface area contributed by atoms with Crippen molar-refractivity contribution in [2.45, 2.75) is 39.2 Å². The molecule has 1 fully saturated rings. The lowest BCUT2D eigenvalue weighted by atomic mass is 9.95. The maximum atomic E-state index is 12.4. The Morgan fingerprint density at radius 1 is 1.46 bits per heavy atom. The molecule has 0 aliphatic carbocycles. The van der Waals surface area contributed by atoms with Crippen molar-refractivity contribution in [3.05, 3.63) is 41.2 Å². The fourth-order valence-corrected chi connectivity index (χ4v) is 3.36. The molecule has 150 valence electrons. The van der Waals surface area contributed by atoms with Crippen LogP contribution in [0.1, 0.15) is 49.2 Å². The maximum absolute atomic E-state index is 12.4. The first-order chi connectivity index (χ1) is 13.4. The van der Waals surface area contributed by atoms with Crippen molar-refractivity contribution < 1.29 is 24.0 Å². The van der Waals surface area contributed by atoms with Crippen molar-refractivity contribution in [3.8, 4) is 5.75 Å². The van der Waals surface area contributed by atoms with E-state index < -0.39 is 6.10 Å². The van der Waals surface area contributed by atoms with Gasteiger partial charge in [0.15, 0.2) is 5.82 Å². The molecule has 1 aromatic carbocycles. The van der Waals surface area contributed by atoms with Gasteiger partial charge in [-0.1, -0.05) is 17.3 Å². The molecule has 1 aliphatic heterocycles. The third-order valence-electron chi connectivity index (χ3n) is 4.70. The summed E-state index contributed by atoms with van der Waals surface area (Å²) in [4.78, 5) is 26.1. The minimum atomic E-state index is -0.638. The van der Waals surface area contributed by atoms with Crippen LogP contribution in [0.2, 0.25) is 0 Å². The third-order valence-corrected chi connectivity index (χ3v) is 4.70. The number of likely N-dealkylation sites (tertiary alicyclic amines) is 1. The smallest absolute Gasteiger partial charge is 0.245 e. The predicted molar refractivity (Wildman–Crippen MR) is 102 cm³/mol. The first-order valence-corrected chi connectivity index (χ1v) is 9.33. The minimum Gasteiger partial charge on any atom is -0.493 e. The Morgan fingerprint density at radius 3 is 2.89 bits per heavy atom. The number of carbonyl (C=O) groups excluding carboxylic acids is 2. The zero-order valence-corrected chi connectivity index (χ0v) is 16.3. The molecular formula is C20H25N3O5. The van der Waals surface area contributed by atoms with Crippen molar-refractivity contribution in [2.24, 2.45) is 0 Å². The maximum Gasteiger partial charge on any atom is 0.245 e. The van der Waals surface area contributed by atoms with Crippen LogP contribution in [-0.2, 0) is 9.59 Å². The van der Waals surface area contributed by atoms with Gasteiger partial charge in [-0.05, 0) is 32.4 Å². The third kappa shape index (κ3) is 4.51. The van der Waals surface area contributed by atoms with Crippen LogP contribution in [-0.4, -0.2) is 46.7 Å². The van der Waals surface area contributed by atoms with Crippen LogP contribution in [0, 0.1) is 6.92 Å². The number of benzene rings is 1. The molecule has 2 N–H and O–H groups in total. The van der Waals surface area contributed by atoms with Gasteiger partial charge in [-0.2, -0.15) is 0 Å². The van der Waals surface area contributed by atoms with E-state index in [1.54, 1.807) is 19.9 Å². The Morgan fingerprint density at radius 2 is 2.25 bits per heavy atom. The molecule has 8 heteroatoms. The lowest BCUT2D eigenvalue weighted by Crippen LogP contribution is -2.34. The van der Waals surface area contributed by atoms with Crippen molar-refractivity contribution in [1.82, 2.24) is 10.1 Å². The van der Waals surface area contributed by atoms with E-state index in [9.17, 15) is 14.7 Å². The lowest BCUT2D eigenvalue weighted by Gasteiger charge is -2.18. The van der Waals surface area contributed by atoms with E-state index in [1.165, 1.54) is 4.90 Å². The second-order valence-corrected chi connectivity index (χ2v) is 6.95. The predicted octanol–water partition coefficient (Wildman–Crippen LogP) is 2.39. The number of aliphatic hydroxyl groups is 1. The van der Waals surface area contributed by atoms with Crippen LogP contribution in [0.25, 0.3) is 0 Å². The number of rotatable bonds is 7. The molecule has 0 saturated carbocycles. The van der Waals surface area contributed by atoms with Gasteiger partial charge < -0.3 is 24.6 Å².